The number of rotatable bonds is 13. The quantitative estimate of drug-likeness (QED) is 0.409. The van der Waals surface area contributed by atoms with Crippen molar-refractivity contribution in [3.63, 3.8) is 0 Å². The maximum absolute atomic E-state index is 13.1. The average Bonchev–Trinajstić information content (AvgIpc) is 3.76. The highest BCUT2D eigenvalue weighted by molar-refractivity contribution is 7.89. The van der Waals surface area contributed by atoms with E-state index in [2.05, 4.69) is 5.32 Å². The normalized spacial score (nSPS) is 19.7. The van der Waals surface area contributed by atoms with Crippen molar-refractivity contribution >= 4 is 15.9 Å². The van der Waals surface area contributed by atoms with E-state index in [0.29, 0.717) is 24.6 Å². The van der Waals surface area contributed by atoms with Gasteiger partial charge in [0.2, 0.25) is 16.3 Å². The highest BCUT2D eigenvalue weighted by Crippen LogP contribution is 2.32. The molecule has 1 aliphatic carbocycles. The van der Waals surface area contributed by atoms with E-state index in [0.717, 1.165) is 18.4 Å². The zero-order chi connectivity index (χ0) is 26.3. The maximum atomic E-state index is 13.1. The van der Waals surface area contributed by atoms with Gasteiger partial charge in [0.05, 0.1) is 25.2 Å². The summed E-state index contributed by atoms with van der Waals surface area (Å²) in [4.78, 5) is 12.9. The molecule has 2 unspecified atom stereocenters. The Kier molecular flexibility index (Phi) is 9.20. The summed E-state index contributed by atoms with van der Waals surface area (Å²) in [6.07, 6.45) is 3.83. The minimum atomic E-state index is -3.86. The number of aliphatic hydroxyl groups is 1. The molecular weight excluding hydrogens is 496 g/mol. The fourth-order valence-electron chi connectivity index (χ4n) is 4.14. The van der Waals surface area contributed by atoms with Crippen LogP contribution in [-0.2, 0) is 24.3 Å². The second-order valence-electron chi connectivity index (χ2n) is 9.16. The smallest absolute Gasteiger partial charge is 0.286 e. The summed E-state index contributed by atoms with van der Waals surface area (Å²) in [5, 5.41) is 12.4. The topological polar surface area (TPSA) is 114 Å². The van der Waals surface area contributed by atoms with E-state index < -0.39 is 16.3 Å². The average molecular weight is 531 g/mol. The number of benzene rings is 2. The van der Waals surface area contributed by atoms with E-state index >= 15 is 0 Å². The van der Waals surface area contributed by atoms with Crippen molar-refractivity contribution in [3.05, 3.63) is 72.0 Å². The van der Waals surface area contributed by atoms with Crippen molar-refractivity contribution in [2.45, 2.75) is 36.4 Å². The standard InChI is InChI=1S/C27H34N2O7S/c1-34-23-9-11-24(12-10-23)37(32,33)29(13-15-30)14-16-35-26-18-22(21-5-3-2-4-6-21)17-25(36-26)27(31)28-19-20-7-8-20/h2-6,9-12,17,20,22,26,30H,7-8,13-16,18-19H2,1H3,(H,28,31). The second-order valence-corrected chi connectivity index (χ2v) is 11.1. The summed E-state index contributed by atoms with van der Waals surface area (Å²) >= 11 is 0. The van der Waals surface area contributed by atoms with E-state index in [1.54, 1.807) is 12.1 Å². The van der Waals surface area contributed by atoms with Crippen LogP contribution < -0.4 is 10.1 Å². The van der Waals surface area contributed by atoms with Crippen LogP contribution in [0.3, 0.4) is 0 Å². The van der Waals surface area contributed by atoms with E-state index in [1.807, 2.05) is 36.4 Å². The predicted molar refractivity (Wildman–Crippen MR) is 137 cm³/mol. The van der Waals surface area contributed by atoms with Gasteiger partial charge in [-0.2, -0.15) is 4.31 Å². The Morgan fingerprint density at radius 1 is 1.11 bits per heavy atom. The van der Waals surface area contributed by atoms with Gasteiger partial charge in [-0.15, -0.1) is 0 Å². The minimum absolute atomic E-state index is 0.0116. The Balaban J connectivity index is 1.41. The number of allylic oxidation sites excluding steroid dienone is 1. The summed E-state index contributed by atoms with van der Waals surface area (Å²) in [5.41, 5.74) is 1.04. The van der Waals surface area contributed by atoms with Crippen LogP contribution >= 0.6 is 0 Å². The zero-order valence-electron chi connectivity index (χ0n) is 20.9. The molecule has 0 bridgehead atoms. The molecule has 0 radical (unpaired) electrons. The molecular formula is C27H34N2O7S. The van der Waals surface area contributed by atoms with Gasteiger partial charge in [-0.3, -0.25) is 4.79 Å². The number of aliphatic hydroxyl groups excluding tert-OH is 1. The molecule has 2 N–H and O–H groups in total. The van der Waals surface area contributed by atoms with Gasteiger partial charge in [-0.1, -0.05) is 30.3 Å². The SMILES string of the molecule is COc1ccc(S(=O)(=O)N(CCO)CCOC2CC(c3ccccc3)C=C(C(=O)NCC3CC3)O2)cc1. The van der Waals surface area contributed by atoms with Gasteiger partial charge in [0.25, 0.3) is 5.91 Å². The second kappa shape index (κ2) is 12.6. The molecule has 1 fully saturated rings. The first-order valence-corrected chi connectivity index (χ1v) is 13.9. The van der Waals surface area contributed by atoms with Crippen molar-refractivity contribution in [2.75, 3.05) is 40.0 Å². The van der Waals surface area contributed by atoms with Crippen molar-refractivity contribution in [3.8, 4) is 5.75 Å². The van der Waals surface area contributed by atoms with Crippen molar-refractivity contribution in [1.29, 1.82) is 0 Å². The number of ether oxygens (including phenoxy) is 3. The highest BCUT2D eigenvalue weighted by atomic mass is 32.2. The highest BCUT2D eigenvalue weighted by Gasteiger charge is 2.31. The van der Waals surface area contributed by atoms with E-state index in [9.17, 15) is 18.3 Å². The van der Waals surface area contributed by atoms with E-state index in [1.165, 1.54) is 23.5 Å². The number of carbonyl (C=O) groups is 1. The first-order valence-electron chi connectivity index (χ1n) is 12.5. The molecule has 2 atom stereocenters. The lowest BCUT2D eigenvalue weighted by molar-refractivity contribution is -0.146. The lowest BCUT2D eigenvalue weighted by Crippen LogP contribution is -2.38. The summed E-state index contributed by atoms with van der Waals surface area (Å²) < 4.78 is 44.4. The first-order chi connectivity index (χ1) is 17.9. The molecule has 1 heterocycles. The van der Waals surface area contributed by atoms with Gasteiger partial charge in [0.15, 0.2) is 5.76 Å². The molecule has 2 aromatic carbocycles. The monoisotopic (exact) mass is 530 g/mol. The molecule has 2 aromatic rings. The number of carbonyl (C=O) groups excluding carboxylic acids is 1. The Bertz CT molecular complexity index is 1170. The molecule has 4 rings (SSSR count). The predicted octanol–water partition coefficient (Wildman–Crippen LogP) is 2.64. The fourth-order valence-corrected chi connectivity index (χ4v) is 5.56. The number of hydrogen-bond donors (Lipinski definition) is 2. The van der Waals surface area contributed by atoms with Crippen LogP contribution in [0, 0.1) is 5.92 Å². The van der Waals surface area contributed by atoms with Crippen LogP contribution in [0.25, 0.3) is 0 Å². The molecule has 0 saturated heterocycles. The van der Waals surface area contributed by atoms with Crippen LogP contribution in [-0.4, -0.2) is 70.0 Å². The molecule has 37 heavy (non-hydrogen) atoms. The van der Waals surface area contributed by atoms with Gasteiger partial charge in [0.1, 0.15) is 5.75 Å². The summed E-state index contributed by atoms with van der Waals surface area (Å²) in [6, 6.07) is 15.9. The number of nitrogens with zero attached hydrogens (tertiary/aromatic N) is 1. The summed E-state index contributed by atoms with van der Waals surface area (Å²) in [5.74, 6) is 0.936. The van der Waals surface area contributed by atoms with Gasteiger partial charge in [-0.05, 0) is 54.7 Å². The fraction of sp³-hybridized carbons (Fsp3) is 0.444. The van der Waals surface area contributed by atoms with Crippen LogP contribution in [0.1, 0.15) is 30.7 Å². The Morgan fingerprint density at radius 3 is 2.49 bits per heavy atom. The van der Waals surface area contributed by atoms with Crippen LogP contribution in [0.4, 0.5) is 0 Å². The van der Waals surface area contributed by atoms with Gasteiger partial charge in [-0.25, -0.2) is 8.42 Å². The molecule has 10 heteroatoms. The molecule has 1 aliphatic heterocycles. The summed E-state index contributed by atoms with van der Waals surface area (Å²) in [7, 11) is -2.35. The molecule has 200 valence electrons. The van der Waals surface area contributed by atoms with E-state index in [-0.39, 0.29) is 48.8 Å². The van der Waals surface area contributed by atoms with Crippen molar-refractivity contribution in [2.24, 2.45) is 5.92 Å². The molecule has 0 aromatic heterocycles. The van der Waals surface area contributed by atoms with Gasteiger partial charge in [0, 0.05) is 32.0 Å². The lowest BCUT2D eigenvalue weighted by atomic mass is 9.93. The number of methoxy groups -OCH3 is 1. The van der Waals surface area contributed by atoms with Crippen molar-refractivity contribution < 1.29 is 32.5 Å². The molecule has 2 aliphatic rings. The van der Waals surface area contributed by atoms with Crippen molar-refractivity contribution in [1.82, 2.24) is 9.62 Å². The summed E-state index contributed by atoms with van der Waals surface area (Å²) in [6.45, 7) is 0.251. The molecule has 9 nitrogen and oxygen atoms in total. The zero-order valence-corrected chi connectivity index (χ0v) is 21.7. The van der Waals surface area contributed by atoms with Gasteiger partial charge < -0.3 is 24.6 Å². The third-order valence-electron chi connectivity index (χ3n) is 6.45. The van der Waals surface area contributed by atoms with Crippen LogP contribution in [0.15, 0.2) is 71.3 Å². The lowest BCUT2D eigenvalue weighted by Gasteiger charge is -2.30. The molecule has 1 amide bonds. The van der Waals surface area contributed by atoms with Crippen LogP contribution in [0.2, 0.25) is 0 Å². The van der Waals surface area contributed by atoms with Gasteiger partial charge >= 0.3 is 0 Å². The van der Waals surface area contributed by atoms with Crippen LogP contribution in [0.5, 0.6) is 5.75 Å². The number of nitrogens with one attached hydrogen (secondary N) is 1. The number of sulfonamides is 1. The van der Waals surface area contributed by atoms with E-state index in [4.69, 9.17) is 14.2 Å². The Labute approximate surface area is 218 Å². The minimum Gasteiger partial charge on any atom is -0.497 e. The molecule has 1 saturated carbocycles. The maximum Gasteiger partial charge on any atom is 0.286 e. The largest absolute Gasteiger partial charge is 0.497 e. The molecule has 0 spiro atoms. The first kappa shape index (κ1) is 27.1. The Morgan fingerprint density at radius 2 is 1.84 bits per heavy atom. The Hall–Kier alpha value is -2.92. The third kappa shape index (κ3) is 7.32. The number of hydrogen-bond acceptors (Lipinski definition) is 7. The number of amides is 1. The third-order valence-corrected chi connectivity index (χ3v) is 8.36.